The van der Waals surface area contributed by atoms with E-state index in [0.717, 1.165) is 45.9 Å². The fourth-order valence-corrected chi connectivity index (χ4v) is 3.61. The minimum absolute atomic E-state index is 0.719. The molecule has 0 N–H and O–H groups in total. The summed E-state index contributed by atoms with van der Waals surface area (Å²) in [5.41, 5.74) is 4.94. The van der Waals surface area contributed by atoms with Gasteiger partial charge in [0.2, 0.25) is 0 Å². The molecule has 5 heteroatoms. The zero-order valence-corrected chi connectivity index (χ0v) is 15.9. The second kappa shape index (κ2) is 7.28. The summed E-state index contributed by atoms with van der Waals surface area (Å²) in [5.74, 6) is 1.61. The van der Waals surface area contributed by atoms with Gasteiger partial charge in [0.15, 0.2) is 0 Å². The van der Waals surface area contributed by atoms with Crippen molar-refractivity contribution in [2.24, 2.45) is 0 Å². The van der Waals surface area contributed by atoms with Crippen LogP contribution in [0.1, 0.15) is 5.56 Å². The van der Waals surface area contributed by atoms with Crippen LogP contribution in [0.3, 0.4) is 0 Å². The average molecular weight is 381 g/mol. The predicted octanol–water partition coefficient (Wildman–Crippen LogP) is 5.42. The van der Waals surface area contributed by atoms with E-state index in [1.54, 1.807) is 19.7 Å². The molecule has 2 aromatic carbocycles. The van der Waals surface area contributed by atoms with Gasteiger partial charge in [0.1, 0.15) is 23.5 Å². The summed E-state index contributed by atoms with van der Waals surface area (Å²) in [7, 11) is 1.66. The maximum Gasteiger partial charge on any atom is 0.145 e. The maximum atomic E-state index is 5.73. The van der Waals surface area contributed by atoms with Crippen molar-refractivity contribution in [3.8, 4) is 28.3 Å². The number of rotatable bonds is 5. The van der Waals surface area contributed by atoms with Crippen LogP contribution in [0.15, 0.2) is 89.9 Å². The van der Waals surface area contributed by atoms with Gasteiger partial charge in [-0.3, -0.25) is 0 Å². The SMILES string of the molecule is COc1ccc(-c2ncnc3c2c(-c2ccco2)cn3Cc2ccccc2)cc1. The van der Waals surface area contributed by atoms with Crippen LogP contribution in [0, 0.1) is 0 Å². The molecular weight excluding hydrogens is 362 g/mol. The van der Waals surface area contributed by atoms with Gasteiger partial charge in [-0.15, -0.1) is 0 Å². The summed E-state index contributed by atoms with van der Waals surface area (Å²) < 4.78 is 13.2. The van der Waals surface area contributed by atoms with Gasteiger partial charge in [-0.05, 0) is 42.0 Å². The highest BCUT2D eigenvalue weighted by Gasteiger charge is 2.19. The molecule has 5 rings (SSSR count). The Morgan fingerprint density at radius 3 is 2.48 bits per heavy atom. The van der Waals surface area contributed by atoms with Gasteiger partial charge in [0, 0.05) is 23.9 Å². The lowest BCUT2D eigenvalue weighted by Crippen LogP contribution is -1.99. The first-order valence-corrected chi connectivity index (χ1v) is 9.39. The first kappa shape index (κ1) is 17.3. The Kier molecular flexibility index (Phi) is 4.33. The van der Waals surface area contributed by atoms with E-state index in [4.69, 9.17) is 9.15 Å². The van der Waals surface area contributed by atoms with E-state index in [2.05, 4.69) is 32.9 Å². The zero-order valence-electron chi connectivity index (χ0n) is 15.9. The molecule has 0 atom stereocenters. The van der Waals surface area contributed by atoms with Gasteiger partial charge < -0.3 is 13.7 Å². The summed E-state index contributed by atoms with van der Waals surface area (Å²) in [6.45, 7) is 0.719. The second-order valence-electron chi connectivity index (χ2n) is 6.78. The number of furan rings is 1. The number of benzene rings is 2. The van der Waals surface area contributed by atoms with Crippen molar-refractivity contribution in [2.75, 3.05) is 7.11 Å². The van der Waals surface area contributed by atoms with Crippen molar-refractivity contribution in [1.82, 2.24) is 14.5 Å². The summed E-state index contributed by atoms with van der Waals surface area (Å²) in [4.78, 5) is 9.23. The molecule has 3 heterocycles. The second-order valence-corrected chi connectivity index (χ2v) is 6.78. The summed E-state index contributed by atoms with van der Waals surface area (Å²) >= 11 is 0. The molecule has 0 fully saturated rings. The number of nitrogens with zero attached hydrogens (tertiary/aromatic N) is 3. The first-order chi connectivity index (χ1) is 14.3. The standard InChI is InChI=1S/C24H19N3O2/c1-28-19-11-9-18(10-12-19)23-22-20(21-8-5-13-29-21)15-27(24(22)26-16-25-23)14-17-6-3-2-4-7-17/h2-13,15-16H,14H2,1H3. The summed E-state index contributed by atoms with van der Waals surface area (Å²) in [5, 5.41) is 0.976. The number of ether oxygens (including phenoxy) is 1. The minimum atomic E-state index is 0.719. The summed E-state index contributed by atoms with van der Waals surface area (Å²) in [6.07, 6.45) is 5.40. The van der Waals surface area contributed by atoms with E-state index in [1.807, 2.05) is 54.6 Å². The average Bonchev–Trinajstić information content (AvgIpc) is 3.43. The lowest BCUT2D eigenvalue weighted by Gasteiger charge is -2.07. The zero-order chi connectivity index (χ0) is 19.6. The molecule has 0 spiro atoms. The van der Waals surface area contributed by atoms with E-state index in [0.29, 0.717) is 0 Å². The highest BCUT2D eigenvalue weighted by atomic mass is 16.5. The lowest BCUT2D eigenvalue weighted by molar-refractivity contribution is 0.415. The fourth-order valence-electron chi connectivity index (χ4n) is 3.61. The molecule has 29 heavy (non-hydrogen) atoms. The monoisotopic (exact) mass is 381 g/mol. The molecule has 5 nitrogen and oxygen atoms in total. The van der Waals surface area contributed by atoms with Crippen molar-refractivity contribution >= 4 is 11.0 Å². The van der Waals surface area contributed by atoms with Gasteiger partial charge in [-0.2, -0.15) is 0 Å². The number of methoxy groups -OCH3 is 1. The molecule has 0 saturated heterocycles. The van der Waals surface area contributed by atoms with Crippen molar-refractivity contribution in [2.45, 2.75) is 6.54 Å². The van der Waals surface area contributed by atoms with Gasteiger partial charge in [0.25, 0.3) is 0 Å². The van der Waals surface area contributed by atoms with Crippen LogP contribution in [-0.2, 0) is 6.54 Å². The van der Waals surface area contributed by atoms with Gasteiger partial charge in [-0.1, -0.05) is 30.3 Å². The van der Waals surface area contributed by atoms with Gasteiger partial charge in [0.05, 0.1) is 24.5 Å². The van der Waals surface area contributed by atoms with Crippen LogP contribution in [0.5, 0.6) is 5.75 Å². The van der Waals surface area contributed by atoms with Gasteiger partial charge in [-0.25, -0.2) is 9.97 Å². The van der Waals surface area contributed by atoms with Crippen molar-refractivity contribution < 1.29 is 9.15 Å². The Bertz CT molecular complexity index is 1240. The number of hydrogen-bond acceptors (Lipinski definition) is 4. The molecule has 3 aromatic heterocycles. The molecule has 142 valence electrons. The molecule has 0 amide bonds. The van der Waals surface area contributed by atoms with E-state index < -0.39 is 0 Å². The molecular formula is C24H19N3O2. The molecule has 0 unspecified atom stereocenters. The highest BCUT2D eigenvalue weighted by Crippen LogP contribution is 2.36. The van der Waals surface area contributed by atoms with Crippen molar-refractivity contribution in [3.05, 3.63) is 91.1 Å². The maximum absolute atomic E-state index is 5.73. The van der Waals surface area contributed by atoms with Crippen LogP contribution in [0.25, 0.3) is 33.6 Å². The molecule has 5 aromatic rings. The Morgan fingerprint density at radius 2 is 1.76 bits per heavy atom. The van der Waals surface area contributed by atoms with Crippen LogP contribution < -0.4 is 4.74 Å². The highest BCUT2D eigenvalue weighted by molar-refractivity contribution is 6.02. The van der Waals surface area contributed by atoms with Crippen LogP contribution in [0.4, 0.5) is 0 Å². The predicted molar refractivity (Wildman–Crippen MR) is 113 cm³/mol. The summed E-state index contributed by atoms with van der Waals surface area (Å²) in [6, 6.07) is 22.1. The lowest BCUT2D eigenvalue weighted by atomic mass is 10.1. The van der Waals surface area contributed by atoms with Crippen molar-refractivity contribution in [3.63, 3.8) is 0 Å². The normalized spacial score (nSPS) is 11.1. The smallest absolute Gasteiger partial charge is 0.145 e. The fraction of sp³-hybridized carbons (Fsp3) is 0.0833. The van der Waals surface area contributed by atoms with E-state index >= 15 is 0 Å². The Hall–Kier alpha value is -3.86. The third kappa shape index (κ3) is 3.17. The number of hydrogen-bond donors (Lipinski definition) is 0. The first-order valence-electron chi connectivity index (χ1n) is 9.39. The Balaban J connectivity index is 1.72. The minimum Gasteiger partial charge on any atom is -0.497 e. The molecule has 0 aliphatic heterocycles. The van der Waals surface area contributed by atoms with E-state index in [1.165, 1.54) is 5.56 Å². The van der Waals surface area contributed by atoms with Gasteiger partial charge >= 0.3 is 0 Å². The number of fused-ring (bicyclic) bond motifs is 1. The number of aromatic nitrogens is 3. The quantitative estimate of drug-likeness (QED) is 0.408. The van der Waals surface area contributed by atoms with E-state index in [9.17, 15) is 0 Å². The Morgan fingerprint density at radius 1 is 0.931 bits per heavy atom. The van der Waals surface area contributed by atoms with Crippen LogP contribution in [0.2, 0.25) is 0 Å². The van der Waals surface area contributed by atoms with E-state index in [-0.39, 0.29) is 0 Å². The molecule has 0 aliphatic carbocycles. The van der Waals surface area contributed by atoms with Crippen LogP contribution in [-0.4, -0.2) is 21.6 Å². The largest absolute Gasteiger partial charge is 0.497 e. The molecule has 0 radical (unpaired) electrons. The Labute approximate surface area is 168 Å². The third-order valence-corrected chi connectivity index (χ3v) is 5.00. The molecule has 0 saturated carbocycles. The van der Waals surface area contributed by atoms with Crippen LogP contribution >= 0.6 is 0 Å². The third-order valence-electron chi connectivity index (χ3n) is 5.00. The topological polar surface area (TPSA) is 53.1 Å². The van der Waals surface area contributed by atoms with Crippen molar-refractivity contribution in [1.29, 1.82) is 0 Å². The molecule has 0 bridgehead atoms. The molecule has 0 aliphatic rings.